The van der Waals surface area contributed by atoms with Crippen molar-refractivity contribution in [2.75, 3.05) is 18.0 Å². The third-order valence-corrected chi connectivity index (χ3v) is 5.53. The van der Waals surface area contributed by atoms with Gasteiger partial charge < -0.3 is 9.64 Å². The highest BCUT2D eigenvalue weighted by Crippen LogP contribution is 2.51. The topological polar surface area (TPSA) is 60.0 Å². The lowest BCUT2D eigenvalue weighted by Crippen LogP contribution is -2.52. The summed E-state index contributed by atoms with van der Waals surface area (Å²) in [6.07, 6.45) is 8.05. The molecule has 0 N–H and O–H groups in total. The quantitative estimate of drug-likeness (QED) is 0.797. The zero-order chi connectivity index (χ0) is 16.7. The van der Waals surface area contributed by atoms with E-state index in [4.69, 9.17) is 4.74 Å². The van der Waals surface area contributed by atoms with E-state index in [0.29, 0.717) is 12.5 Å². The van der Waals surface area contributed by atoms with Crippen molar-refractivity contribution in [3.8, 4) is 12.1 Å². The molecule has 0 saturated heterocycles. The summed E-state index contributed by atoms with van der Waals surface area (Å²) in [6, 6.07) is 11.2. The molecule has 4 rings (SSSR count). The first-order valence-corrected chi connectivity index (χ1v) is 8.37. The van der Waals surface area contributed by atoms with Crippen molar-refractivity contribution >= 4 is 5.69 Å². The molecule has 3 heterocycles. The van der Waals surface area contributed by atoms with Gasteiger partial charge in [-0.15, -0.1) is 0 Å². The van der Waals surface area contributed by atoms with Crippen LogP contribution in [-0.2, 0) is 16.6 Å². The zero-order valence-electron chi connectivity index (χ0n) is 13.6. The Hall–Kier alpha value is -2.72. The predicted molar refractivity (Wildman–Crippen MR) is 90.8 cm³/mol. The van der Waals surface area contributed by atoms with Gasteiger partial charge in [0.05, 0.1) is 30.6 Å². The molecule has 0 bridgehead atoms. The van der Waals surface area contributed by atoms with E-state index in [1.54, 1.807) is 12.5 Å². The van der Waals surface area contributed by atoms with Crippen molar-refractivity contribution < 1.29 is 4.74 Å². The minimum atomic E-state index is -0.867. The van der Waals surface area contributed by atoms with E-state index in [0.717, 1.165) is 18.5 Å². The summed E-state index contributed by atoms with van der Waals surface area (Å²) in [5.74, 6) is 0.0198. The van der Waals surface area contributed by atoms with Crippen LogP contribution in [0.3, 0.4) is 0 Å². The summed E-state index contributed by atoms with van der Waals surface area (Å²) >= 11 is 0. The van der Waals surface area contributed by atoms with Gasteiger partial charge >= 0.3 is 0 Å². The minimum Gasteiger partial charge on any atom is -0.473 e. The Morgan fingerprint density at radius 1 is 1.21 bits per heavy atom. The summed E-state index contributed by atoms with van der Waals surface area (Å²) in [4.78, 5) is 2.31. The fourth-order valence-electron chi connectivity index (χ4n) is 4.53. The number of ether oxygens (including phenoxy) is 1. The molecule has 1 aromatic carbocycles. The summed E-state index contributed by atoms with van der Waals surface area (Å²) in [5, 5.41) is 20.1. The molecule has 3 atom stereocenters. The smallest absolute Gasteiger partial charge is 0.112 e. The Kier molecular flexibility index (Phi) is 3.36. The molecule has 120 valence electrons. The Bertz CT molecular complexity index is 801. The molecule has 1 aromatic rings. The van der Waals surface area contributed by atoms with Gasteiger partial charge in [-0.1, -0.05) is 25.1 Å². The lowest BCUT2D eigenvalue weighted by Gasteiger charge is -2.49. The number of para-hydroxylation sites is 1. The minimum absolute atomic E-state index is 0.158. The van der Waals surface area contributed by atoms with Crippen LogP contribution in [-0.4, -0.2) is 13.1 Å². The summed E-state index contributed by atoms with van der Waals surface area (Å²) in [5.41, 5.74) is 2.60. The number of allylic oxidation sites excluding steroid dienone is 2. The van der Waals surface area contributed by atoms with Crippen LogP contribution in [0, 0.1) is 40.4 Å². The molecule has 0 aliphatic carbocycles. The third-order valence-electron chi connectivity index (χ3n) is 5.53. The first-order valence-electron chi connectivity index (χ1n) is 8.37. The number of rotatable bonds is 1. The number of hydrogen-bond donors (Lipinski definition) is 0. The fraction of sp³-hybridized carbons (Fsp3) is 0.400. The molecular weight excluding hydrogens is 298 g/mol. The third kappa shape index (κ3) is 1.90. The molecule has 3 aliphatic rings. The lowest BCUT2D eigenvalue weighted by atomic mass is 9.60. The van der Waals surface area contributed by atoms with Crippen LogP contribution in [0.15, 0.2) is 42.9 Å². The maximum absolute atomic E-state index is 10.2. The number of nitrogens with zero attached hydrogens (tertiary/aromatic N) is 3. The van der Waals surface area contributed by atoms with E-state index in [9.17, 15) is 10.5 Å². The molecular formula is C20H19N3O. The van der Waals surface area contributed by atoms with Crippen LogP contribution in [0.5, 0.6) is 0 Å². The molecule has 0 fully saturated rings. The standard InChI is InChI=1S/C20H19N3O/c1-14-9-15-3-2-4-18-19(15)23(11-14)12-17(10-21)20(18,13-22)16-5-7-24-8-6-16/h2-8,14,16-17H,9,11-12H2,1H3. The lowest BCUT2D eigenvalue weighted by molar-refractivity contribution is 0.305. The van der Waals surface area contributed by atoms with Gasteiger partial charge in [0.1, 0.15) is 5.41 Å². The van der Waals surface area contributed by atoms with Crippen LogP contribution in [0.4, 0.5) is 5.69 Å². The summed E-state index contributed by atoms with van der Waals surface area (Å²) in [7, 11) is 0. The van der Waals surface area contributed by atoms with Crippen LogP contribution in [0.2, 0.25) is 0 Å². The molecule has 0 spiro atoms. The van der Waals surface area contributed by atoms with E-state index in [2.05, 4.69) is 30.0 Å². The van der Waals surface area contributed by atoms with Gasteiger partial charge in [0.15, 0.2) is 0 Å². The number of hydrogen-bond acceptors (Lipinski definition) is 4. The Morgan fingerprint density at radius 2 is 2.00 bits per heavy atom. The average molecular weight is 317 g/mol. The van der Waals surface area contributed by atoms with Gasteiger partial charge in [-0.3, -0.25) is 0 Å². The summed E-state index contributed by atoms with van der Waals surface area (Å²) in [6.45, 7) is 3.80. The second kappa shape index (κ2) is 5.42. The second-order valence-electron chi connectivity index (χ2n) is 7.01. The first kappa shape index (κ1) is 14.8. The Labute approximate surface area is 142 Å². The molecule has 0 amide bonds. The largest absolute Gasteiger partial charge is 0.473 e. The van der Waals surface area contributed by atoms with Gasteiger partial charge in [0, 0.05) is 24.7 Å². The molecule has 3 aliphatic heterocycles. The van der Waals surface area contributed by atoms with Crippen LogP contribution in [0.25, 0.3) is 0 Å². The number of nitriles is 2. The Morgan fingerprint density at radius 3 is 2.71 bits per heavy atom. The molecule has 24 heavy (non-hydrogen) atoms. The first-order chi connectivity index (χ1) is 11.7. The van der Waals surface area contributed by atoms with Crippen molar-refractivity contribution in [1.82, 2.24) is 0 Å². The molecule has 4 heteroatoms. The van der Waals surface area contributed by atoms with E-state index in [1.165, 1.54) is 11.3 Å². The molecule has 0 radical (unpaired) electrons. The molecule has 4 nitrogen and oxygen atoms in total. The van der Waals surface area contributed by atoms with E-state index in [-0.39, 0.29) is 11.8 Å². The van der Waals surface area contributed by atoms with Crippen LogP contribution >= 0.6 is 0 Å². The highest BCUT2D eigenvalue weighted by molar-refractivity contribution is 5.69. The SMILES string of the molecule is CC1Cc2cccc3c2N(C1)CC(C#N)C3(C#N)C1C=COC=C1. The normalized spacial score (nSPS) is 30.9. The summed E-state index contributed by atoms with van der Waals surface area (Å²) < 4.78 is 5.16. The van der Waals surface area contributed by atoms with Crippen LogP contribution in [0.1, 0.15) is 18.1 Å². The van der Waals surface area contributed by atoms with Gasteiger partial charge in [-0.05, 0) is 35.6 Å². The van der Waals surface area contributed by atoms with Crippen molar-refractivity contribution in [2.24, 2.45) is 17.8 Å². The van der Waals surface area contributed by atoms with Crippen molar-refractivity contribution in [2.45, 2.75) is 18.8 Å². The maximum atomic E-state index is 10.2. The maximum Gasteiger partial charge on any atom is 0.112 e. The molecule has 0 aromatic heterocycles. The predicted octanol–water partition coefficient (Wildman–Crippen LogP) is 3.27. The van der Waals surface area contributed by atoms with Crippen molar-refractivity contribution in [3.63, 3.8) is 0 Å². The Balaban J connectivity index is 1.97. The molecule has 3 unspecified atom stereocenters. The van der Waals surface area contributed by atoms with Crippen molar-refractivity contribution in [3.05, 3.63) is 54.0 Å². The highest BCUT2D eigenvalue weighted by Gasteiger charge is 2.52. The van der Waals surface area contributed by atoms with E-state index < -0.39 is 5.41 Å². The van der Waals surface area contributed by atoms with Gasteiger partial charge in [-0.2, -0.15) is 10.5 Å². The van der Waals surface area contributed by atoms with Gasteiger partial charge in [0.2, 0.25) is 0 Å². The monoisotopic (exact) mass is 317 g/mol. The number of anilines is 1. The fourth-order valence-corrected chi connectivity index (χ4v) is 4.53. The highest BCUT2D eigenvalue weighted by atomic mass is 16.5. The van der Waals surface area contributed by atoms with Crippen LogP contribution < -0.4 is 4.90 Å². The average Bonchev–Trinajstić information content (AvgIpc) is 2.62. The second-order valence-corrected chi connectivity index (χ2v) is 7.01. The van der Waals surface area contributed by atoms with Gasteiger partial charge in [0.25, 0.3) is 0 Å². The number of benzene rings is 1. The van der Waals surface area contributed by atoms with E-state index in [1.807, 2.05) is 24.3 Å². The molecule has 0 saturated carbocycles. The van der Waals surface area contributed by atoms with E-state index >= 15 is 0 Å². The van der Waals surface area contributed by atoms with Gasteiger partial charge in [-0.25, -0.2) is 0 Å². The zero-order valence-corrected chi connectivity index (χ0v) is 13.6. The van der Waals surface area contributed by atoms with Crippen molar-refractivity contribution in [1.29, 1.82) is 10.5 Å².